The third-order valence-electron chi connectivity index (χ3n) is 4.54. The van der Waals surface area contributed by atoms with Crippen LogP contribution in [0.25, 0.3) is 0 Å². The third-order valence-corrected chi connectivity index (χ3v) is 4.54. The second kappa shape index (κ2) is 7.14. The molecular weight excluding hydrogens is 264 g/mol. The highest BCUT2D eigenvalue weighted by Crippen LogP contribution is 2.39. The molecule has 1 atom stereocenters. The molecule has 4 nitrogen and oxygen atoms in total. The molecule has 116 valence electrons. The molecule has 2 aliphatic heterocycles. The quantitative estimate of drug-likeness (QED) is 0.893. The van der Waals surface area contributed by atoms with E-state index in [2.05, 4.69) is 22.8 Å². The van der Waals surface area contributed by atoms with Crippen molar-refractivity contribution in [1.29, 1.82) is 0 Å². The minimum absolute atomic E-state index is 0.260. The summed E-state index contributed by atoms with van der Waals surface area (Å²) < 4.78 is 11.9. The average Bonchev–Trinajstić information content (AvgIpc) is 2.56. The number of rotatable bonds is 4. The van der Waals surface area contributed by atoms with Crippen molar-refractivity contribution < 1.29 is 9.47 Å². The smallest absolute Gasteiger partial charge is 0.164 e. The molecule has 0 aromatic heterocycles. The predicted octanol–water partition coefficient (Wildman–Crippen LogP) is 2.29. The lowest BCUT2D eigenvalue weighted by Crippen LogP contribution is -2.37. The van der Waals surface area contributed by atoms with Crippen molar-refractivity contribution in [1.82, 2.24) is 10.6 Å². The van der Waals surface area contributed by atoms with E-state index in [1.165, 1.54) is 24.8 Å². The van der Waals surface area contributed by atoms with Gasteiger partial charge in [-0.25, -0.2) is 0 Å². The first-order valence-electron chi connectivity index (χ1n) is 8.13. The van der Waals surface area contributed by atoms with Gasteiger partial charge in [0.15, 0.2) is 11.5 Å². The van der Waals surface area contributed by atoms with Gasteiger partial charge in [-0.05, 0) is 57.3 Å². The van der Waals surface area contributed by atoms with Crippen LogP contribution in [-0.4, -0.2) is 39.4 Å². The van der Waals surface area contributed by atoms with Crippen LogP contribution in [0.4, 0.5) is 0 Å². The van der Waals surface area contributed by atoms with E-state index in [9.17, 15) is 0 Å². The van der Waals surface area contributed by atoms with E-state index >= 15 is 0 Å². The Kier molecular flexibility index (Phi) is 4.99. The first-order valence-corrected chi connectivity index (χ1v) is 8.13. The normalized spacial score (nSPS) is 23.8. The monoisotopic (exact) mass is 290 g/mol. The van der Waals surface area contributed by atoms with Crippen molar-refractivity contribution in [2.45, 2.75) is 37.7 Å². The molecule has 1 unspecified atom stereocenters. The van der Waals surface area contributed by atoms with Crippen LogP contribution < -0.4 is 20.1 Å². The molecule has 0 bridgehead atoms. The summed E-state index contributed by atoms with van der Waals surface area (Å²) in [5.74, 6) is 2.42. The molecule has 21 heavy (non-hydrogen) atoms. The Bertz CT molecular complexity index is 452. The molecule has 0 aliphatic carbocycles. The summed E-state index contributed by atoms with van der Waals surface area (Å²) in [6.07, 6.45) is 4.90. The minimum Gasteiger partial charge on any atom is -0.493 e. The van der Waals surface area contributed by atoms with Crippen LogP contribution in [0.15, 0.2) is 18.2 Å². The highest BCUT2D eigenvalue weighted by Gasteiger charge is 2.23. The highest BCUT2D eigenvalue weighted by atomic mass is 16.5. The van der Waals surface area contributed by atoms with Crippen LogP contribution in [0.1, 0.15) is 37.2 Å². The summed E-state index contributed by atoms with van der Waals surface area (Å²) in [5, 5.41) is 6.82. The molecule has 2 saturated heterocycles. The largest absolute Gasteiger partial charge is 0.493 e. The highest BCUT2D eigenvalue weighted by molar-refractivity contribution is 5.48. The Morgan fingerprint density at radius 1 is 1.05 bits per heavy atom. The van der Waals surface area contributed by atoms with E-state index in [1.54, 1.807) is 7.11 Å². The molecule has 2 N–H and O–H groups in total. The molecule has 2 heterocycles. The van der Waals surface area contributed by atoms with Crippen LogP contribution in [0, 0.1) is 0 Å². The molecule has 0 saturated carbocycles. The first kappa shape index (κ1) is 14.7. The van der Waals surface area contributed by atoms with Crippen LogP contribution in [0.3, 0.4) is 0 Å². The molecule has 2 fully saturated rings. The van der Waals surface area contributed by atoms with Gasteiger partial charge >= 0.3 is 0 Å². The number of hydrogen-bond donors (Lipinski definition) is 2. The molecule has 0 spiro atoms. The van der Waals surface area contributed by atoms with Gasteiger partial charge < -0.3 is 20.1 Å². The SMILES string of the molecule is COc1c(OC2CCCNC2)cccc1C1CCNCC1. The van der Waals surface area contributed by atoms with Gasteiger partial charge in [0.2, 0.25) is 0 Å². The molecule has 4 heteroatoms. The summed E-state index contributed by atoms with van der Waals surface area (Å²) >= 11 is 0. The zero-order valence-electron chi connectivity index (χ0n) is 12.9. The topological polar surface area (TPSA) is 42.5 Å². The Morgan fingerprint density at radius 2 is 1.90 bits per heavy atom. The minimum atomic E-state index is 0.260. The van der Waals surface area contributed by atoms with E-state index in [1.807, 2.05) is 6.07 Å². The van der Waals surface area contributed by atoms with Gasteiger partial charge in [0.1, 0.15) is 6.10 Å². The fraction of sp³-hybridized carbons (Fsp3) is 0.647. The lowest BCUT2D eigenvalue weighted by atomic mass is 9.89. The lowest BCUT2D eigenvalue weighted by Gasteiger charge is -2.28. The molecule has 1 aromatic rings. The van der Waals surface area contributed by atoms with Gasteiger partial charge in [-0.2, -0.15) is 0 Å². The molecule has 2 aliphatic rings. The van der Waals surface area contributed by atoms with Crippen LogP contribution in [-0.2, 0) is 0 Å². The van der Waals surface area contributed by atoms with Crippen molar-refractivity contribution >= 4 is 0 Å². The fourth-order valence-corrected chi connectivity index (χ4v) is 3.40. The molecule has 3 rings (SSSR count). The Balaban J connectivity index is 1.79. The summed E-state index contributed by atoms with van der Waals surface area (Å²) in [4.78, 5) is 0. The first-order chi connectivity index (χ1) is 10.4. The van der Waals surface area contributed by atoms with Gasteiger partial charge in [-0.3, -0.25) is 0 Å². The van der Waals surface area contributed by atoms with Gasteiger partial charge in [-0.15, -0.1) is 0 Å². The van der Waals surface area contributed by atoms with E-state index < -0.39 is 0 Å². The lowest BCUT2D eigenvalue weighted by molar-refractivity contribution is 0.160. The molecule has 0 amide bonds. The van der Waals surface area contributed by atoms with E-state index in [0.717, 1.165) is 44.1 Å². The zero-order valence-corrected chi connectivity index (χ0v) is 12.9. The van der Waals surface area contributed by atoms with Crippen molar-refractivity contribution in [2.75, 3.05) is 33.3 Å². The van der Waals surface area contributed by atoms with Crippen molar-refractivity contribution in [3.8, 4) is 11.5 Å². The van der Waals surface area contributed by atoms with Crippen LogP contribution in [0.5, 0.6) is 11.5 Å². The summed E-state index contributed by atoms with van der Waals surface area (Å²) in [7, 11) is 1.76. The number of hydrogen-bond acceptors (Lipinski definition) is 4. The zero-order chi connectivity index (χ0) is 14.5. The molecule has 0 radical (unpaired) electrons. The summed E-state index contributed by atoms with van der Waals surface area (Å²) in [5.41, 5.74) is 1.31. The third kappa shape index (κ3) is 3.50. The maximum absolute atomic E-state index is 6.21. The Morgan fingerprint density at radius 3 is 2.62 bits per heavy atom. The van der Waals surface area contributed by atoms with Gasteiger partial charge in [0.05, 0.1) is 7.11 Å². The number of para-hydroxylation sites is 1. The second-order valence-electron chi connectivity index (χ2n) is 5.99. The number of methoxy groups -OCH3 is 1. The van der Waals surface area contributed by atoms with E-state index in [4.69, 9.17) is 9.47 Å². The van der Waals surface area contributed by atoms with E-state index in [-0.39, 0.29) is 6.10 Å². The van der Waals surface area contributed by atoms with Gasteiger partial charge in [-0.1, -0.05) is 12.1 Å². The Hall–Kier alpha value is -1.26. The van der Waals surface area contributed by atoms with Gasteiger partial charge in [0.25, 0.3) is 0 Å². The summed E-state index contributed by atoms with van der Waals surface area (Å²) in [6.45, 7) is 4.21. The Labute approximate surface area is 127 Å². The second-order valence-corrected chi connectivity index (χ2v) is 5.99. The summed E-state index contributed by atoms with van der Waals surface area (Å²) in [6, 6.07) is 6.34. The van der Waals surface area contributed by atoms with Gasteiger partial charge in [0, 0.05) is 12.1 Å². The molecule has 1 aromatic carbocycles. The number of nitrogens with one attached hydrogen (secondary N) is 2. The standard InChI is InChI=1S/C17H26N2O2/c1-20-17-15(13-7-10-18-11-8-13)5-2-6-16(17)21-14-4-3-9-19-12-14/h2,5-6,13-14,18-19H,3-4,7-12H2,1H3. The van der Waals surface area contributed by atoms with E-state index in [0.29, 0.717) is 5.92 Å². The number of ether oxygens (including phenoxy) is 2. The van der Waals surface area contributed by atoms with Crippen molar-refractivity contribution in [3.05, 3.63) is 23.8 Å². The van der Waals surface area contributed by atoms with Crippen LogP contribution >= 0.6 is 0 Å². The maximum Gasteiger partial charge on any atom is 0.164 e. The number of benzene rings is 1. The number of piperidine rings is 2. The van der Waals surface area contributed by atoms with Crippen molar-refractivity contribution in [3.63, 3.8) is 0 Å². The average molecular weight is 290 g/mol. The fourth-order valence-electron chi connectivity index (χ4n) is 3.40. The molecular formula is C17H26N2O2. The van der Waals surface area contributed by atoms with Crippen molar-refractivity contribution in [2.24, 2.45) is 0 Å². The maximum atomic E-state index is 6.21. The predicted molar refractivity (Wildman–Crippen MR) is 84.4 cm³/mol. The van der Waals surface area contributed by atoms with Crippen LogP contribution in [0.2, 0.25) is 0 Å².